The number of thioether (sulfide) groups is 1. The van der Waals surface area contributed by atoms with E-state index in [1.165, 1.54) is 0 Å². The van der Waals surface area contributed by atoms with E-state index < -0.39 is 0 Å². The maximum absolute atomic E-state index is 5.87. The maximum Gasteiger partial charge on any atom is 0.128 e. The molecule has 1 aromatic rings. The van der Waals surface area contributed by atoms with Crippen molar-refractivity contribution in [3.63, 3.8) is 0 Å². The van der Waals surface area contributed by atoms with Gasteiger partial charge in [0.2, 0.25) is 0 Å². The van der Waals surface area contributed by atoms with Gasteiger partial charge < -0.3 is 10.3 Å². The molecule has 5 heteroatoms. The fourth-order valence-corrected chi connectivity index (χ4v) is 2.19. The summed E-state index contributed by atoms with van der Waals surface area (Å²) >= 11 is 7.64. The third kappa shape index (κ3) is 3.52. The van der Waals surface area contributed by atoms with Gasteiger partial charge in [0, 0.05) is 18.3 Å². The van der Waals surface area contributed by atoms with Gasteiger partial charge in [-0.1, -0.05) is 11.6 Å². The van der Waals surface area contributed by atoms with Gasteiger partial charge in [-0.25, -0.2) is 4.98 Å². The van der Waals surface area contributed by atoms with Crippen molar-refractivity contribution in [3.05, 3.63) is 17.2 Å². The first-order chi connectivity index (χ1) is 6.40. The Kier molecular flexibility index (Phi) is 3.86. The van der Waals surface area contributed by atoms with Gasteiger partial charge in [-0.15, -0.1) is 0 Å². The quantitative estimate of drug-likeness (QED) is 0.866. The molecule has 3 nitrogen and oxygen atoms in total. The van der Waals surface area contributed by atoms with Gasteiger partial charge >= 0.3 is 0 Å². The topological polar surface area (TPSA) is 43.8 Å². The zero-order chi connectivity index (χ0) is 10.8. The van der Waals surface area contributed by atoms with Gasteiger partial charge in [-0.2, -0.15) is 11.8 Å². The Morgan fingerprint density at radius 2 is 2.29 bits per heavy atom. The lowest BCUT2D eigenvalue weighted by Crippen LogP contribution is -2.34. The molecule has 0 spiro atoms. The minimum Gasteiger partial charge on any atom is -0.325 e. The smallest absolute Gasteiger partial charge is 0.128 e. The third-order valence-corrected chi connectivity index (χ3v) is 3.49. The van der Waals surface area contributed by atoms with Crippen LogP contribution >= 0.6 is 23.4 Å². The molecule has 0 bridgehead atoms. The Morgan fingerprint density at radius 3 is 2.71 bits per heavy atom. The molecule has 0 unspecified atom stereocenters. The summed E-state index contributed by atoms with van der Waals surface area (Å²) in [5.41, 5.74) is 5.74. The van der Waals surface area contributed by atoms with Gasteiger partial charge in [0.15, 0.2) is 0 Å². The van der Waals surface area contributed by atoms with E-state index in [-0.39, 0.29) is 5.54 Å². The van der Waals surface area contributed by atoms with Crippen molar-refractivity contribution in [3.8, 4) is 0 Å². The molecule has 0 aliphatic heterocycles. The molecule has 1 aromatic heterocycles. The fourth-order valence-electron chi connectivity index (χ4n) is 0.964. The molecule has 0 aliphatic rings. The van der Waals surface area contributed by atoms with Gasteiger partial charge in [0.05, 0.1) is 11.9 Å². The molecule has 14 heavy (non-hydrogen) atoms. The second-order valence-corrected chi connectivity index (χ2v) is 5.41. The summed E-state index contributed by atoms with van der Waals surface area (Å²) in [7, 11) is 1.92. The average Bonchev–Trinajstić information content (AvgIpc) is 2.33. The SMILES string of the molecule is Cn1c(Cl)cnc1CSCC(C)(C)N. The fraction of sp³-hybridized carbons (Fsp3) is 0.667. The average molecular weight is 234 g/mol. The monoisotopic (exact) mass is 233 g/mol. The maximum atomic E-state index is 5.87. The lowest BCUT2D eigenvalue weighted by Gasteiger charge is -2.17. The number of rotatable bonds is 4. The van der Waals surface area contributed by atoms with E-state index in [2.05, 4.69) is 4.98 Å². The lowest BCUT2D eigenvalue weighted by atomic mass is 10.1. The highest BCUT2D eigenvalue weighted by atomic mass is 35.5. The second-order valence-electron chi connectivity index (χ2n) is 4.04. The van der Waals surface area contributed by atoms with Crippen LogP contribution in [0, 0.1) is 0 Å². The molecular weight excluding hydrogens is 218 g/mol. The molecule has 0 atom stereocenters. The first kappa shape index (κ1) is 11.9. The highest BCUT2D eigenvalue weighted by Crippen LogP contribution is 2.17. The van der Waals surface area contributed by atoms with Crippen LogP contribution in [0.3, 0.4) is 0 Å². The summed E-state index contributed by atoms with van der Waals surface area (Å²) in [4.78, 5) is 4.20. The van der Waals surface area contributed by atoms with E-state index in [0.29, 0.717) is 5.15 Å². The van der Waals surface area contributed by atoms with E-state index in [4.69, 9.17) is 17.3 Å². The molecule has 0 radical (unpaired) electrons. The molecule has 0 fully saturated rings. The van der Waals surface area contributed by atoms with Crippen LogP contribution in [-0.4, -0.2) is 20.8 Å². The largest absolute Gasteiger partial charge is 0.325 e. The lowest BCUT2D eigenvalue weighted by molar-refractivity contribution is 0.591. The van der Waals surface area contributed by atoms with Crippen LogP contribution < -0.4 is 5.73 Å². The second kappa shape index (κ2) is 4.55. The van der Waals surface area contributed by atoms with Crippen LogP contribution in [0.4, 0.5) is 0 Å². The first-order valence-electron chi connectivity index (χ1n) is 4.43. The zero-order valence-corrected chi connectivity index (χ0v) is 10.3. The first-order valence-corrected chi connectivity index (χ1v) is 5.96. The number of imidazole rings is 1. The van der Waals surface area contributed by atoms with Crippen LogP contribution in [0.15, 0.2) is 6.20 Å². The van der Waals surface area contributed by atoms with Crippen molar-refractivity contribution in [2.75, 3.05) is 5.75 Å². The molecule has 0 aliphatic carbocycles. The summed E-state index contributed by atoms with van der Waals surface area (Å²) in [6, 6.07) is 0. The Hall–Kier alpha value is -0.190. The normalized spacial score (nSPS) is 12.1. The summed E-state index contributed by atoms with van der Waals surface area (Å²) in [6.07, 6.45) is 1.67. The molecule has 80 valence electrons. The number of halogens is 1. The van der Waals surface area contributed by atoms with Gasteiger partial charge in [-0.3, -0.25) is 0 Å². The Balaban J connectivity index is 2.43. The van der Waals surface area contributed by atoms with E-state index in [1.807, 2.05) is 25.5 Å². The van der Waals surface area contributed by atoms with Crippen molar-refractivity contribution in [1.82, 2.24) is 9.55 Å². The molecule has 0 saturated carbocycles. The van der Waals surface area contributed by atoms with Crippen LogP contribution in [0.1, 0.15) is 19.7 Å². The van der Waals surface area contributed by atoms with Crippen molar-refractivity contribution in [1.29, 1.82) is 0 Å². The van der Waals surface area contributed by atoms with Crippen molar-refractivity contribution < 1.29 is 0 Å². The van der Waals surface area contributed by atoms with E-state index in [1.54, 1.807) is 18.0 Å². The van der Waals surface area contributed by atoms with Crippen LogP contribution in [0.25, 0.3) is 0 Å². The van der Waals surface area contributed by atoms with Gasteiger partial charge in [0.25, 0.3) is 0 Å². The predicted molar refractivity (Wildman–Crippen MR) is 62.6 cm³/mol. The van der Waals surface area contributed by atoms with Crippen molar-refractivity contribution >= 4 is 23.4 Å². The summed E-state index contributed by atoms with van der Waals surface area (Å²) in [5.74, 6) is 2.76. The van der Waals surface area contributed by atoms with Crippen molar-refractivity contribution in [2.24, 2.45) is 12.8 Å². The number of hydrogen-bond acceptors (Lipinski definition) is 3. The van der Waals surface area contributed by atoms with Crippen LogP contribution in [-0.2, 0) is 12.8 Å². The molecule has 0 aromatic carbocycles. The highest BCUT2D eigenvalue weighted by molar-refractivity contribution is 7.98. The van der Waals surface area contributed by atoms with E-state index in [0.717, 1.165) is 17.3 Å². The predicted octanol–water partition coefficient (Wildman–Crippen LogP) is 2.04. The minimum absolute atomic E-state index is 0.125. The summed E-state index contributed by atoms with van der Waals surface area (Å²) in [6.45, 7) is 4.04. The number of nitrogens with two attached hydrogens (primary N) is 1. The molecule has 1 rings (SSSR count). The number of nitrogens with zero attached hydrogens (tertiary/aromatic N) is 2. The van der Waals surface area contributed by atoms with Gasteiger partial charge in [0.1, 0.15) is 11.0 Å². The Bertz CT molecular complexity index is 303. The van der Waals surface area contributed by atoms with Crippen LogP contribution in [0.2, 0.25) is 5.15 Å². The van der Waals surface area contributed by atoms with E-state index >= 15 is 0 Å². The molecular formula is C9H16ClN3S. The zero-order valence-electron chi connectivity index (χ0n) is 8.75. The Morgan fingerprint density at radius 1 is 1.64 bits per heavy atom. The summed E-state index contributed by atoms with van der Waals surface area (Å²) < 4.78 is 1.89. The summed E-state index contributed by atoms with van der Waals surface area (Å²) in [5, 5.41) is 0.674. The van der Waals surface area contributed by atoms with E-state index in [9.17, 15) is 0 Å². The number of hydrogen-bond donors (Lipinski definition) is 1. The van der Waals surface area contributed by atoms with Crippen molar-refractivity contribution in [2.45, 2.75) is 25.1 Å². The molecule has 0 amide bonds. The molecule has 0 saturated heterocycles. The standard InChI is InChI=1S/C9H16ClN3S/c1-9(2,11)6-14-5-8-12-4-7(10)13(8)3/h4H,5-6,11H2,1-3H3. The molecule has 1 heterocycles. The highest BCUT2D eigenvalue weighted by Gasteiger charge is 2.11. The van der Waals surface area contributed by atoms with Gasteiger partial charge in [-0.05, 0) is 13.8 Å². The molecule has 2 N–H and O–H groups in total. The third-order valence-electron chi connectivity index (χ3n) is 1.73. The Labute approximate surface area is 94.0 Å². The van der Waals surface area contributed by atoms with Crippen LogP contribution in [0.5, 0.6) is 0 Å². The minimum atomic E-state index is -0.125. The number of aromatic nitrogens is 2.